The highest BCUT2D eigenvalue weighted by atomic mass is 19.2. The molecule has 4 N–H and O–H groups in total. The number of carbonyl (C=O) groups excluding carboxylic acids is 2. The summed E-state index contributed by atoms with van der Waals surface area (Å²) in [5.74, 6) is -3.59. The lowest BCUT2D eigenvalue weighted by Gasteiger charge is -2.30. The maximum absolute atomic E-state index is 13.8. The molecule has 0 spiro atoms. The van der Waals surface area contributed by atoms with Gasteiger partial charge in [-0.15, -0.1) is 0 Å². The summed E-state index contributed by atoms with van der Waals surface area (Å²) >= 11 is 0. The number of ether oxygens (including phenoxy) is 1. The normalized spacial score (nSPS) is 14.0. The van der Waals surface area contributed by atoms with Crippen LogP contribution in [0.2, 0.25) is 0 Å². The van der Waals surface area contributed by atoms with Gasteiger partial charge in [-0.2, -0.15) is 4.39 Å². The van der Waals surface area contributed by atoms with Crippen LogP contribution in [0.3, 0.4) is 0 Å². The van der Waals surface area contributed by atoms with Crippen LogP contribution in [0.1, 0.15) is 26.3 Å². The molecule has 0 aliphatic heterocycles. The number of phenolic OH excluding ortho intramolecular Hbond substituents is 1. The van der Waals surface area contributed by atoms with E-state index < -0.39 is 41.0 Å². The van der Waals surface area contributed by atoms with Crippen LogP contribution in [-0.4, -0.2) is 35.2 Å². The number of nitrogens with one attached hydrogen (secondary N) is 1. The van der Waals surface area contributed by atoms with E-state index in [4.69, 9.17) is 15.6 Å². The zero-order chi connectivity index (χ0) is 17.8. The van der Waals surface area contributed by atoms with E-state index in [1.807, 2.05) is 0 Å². The van der Waals surface area contributed by atoms with Crippen molar-refractivity contribution in [2.75, 3.05) is 6.54 Å². The van der Waals surface area contributed by atoms with E-state index >= 15 is 0 Å². The Morgan fingerprint density at radius 2 is 1.96 bits per heavy atom. The summed E-state index contributed by atoms with van der Waals surface area (Å²) in [7, 11) is 0. The molecule has 6 nitrogen and oxygen atoms in total. The van der Waals surface area contributed by atoms with E-state index in [9.17, 15) is 18.4 Å². The summed E-state index contributed by atoms with van der Waals surface area (Å²) in [6.07, 6.45) is -0.953. The second-order valence-electron chi connectivity index (χ2n) is 6.15. The number of hydrogen-bond acceptors (Lipinski definition) is 5. The average molecular weight is 330 g/mol. The molecular weight excluding hydrogens is 310 g/mol. The molecule has 0 bridgehead atoms. The lowest BCUT2D eigenvalue weighted by Crippen LogP contribution is -2.57. The number of hydrogen-bond donors (Lipinski definition) is 3. The molecule has 8 heteroatoms. The summed E-state index contributed by atoms with van der Waals surface area (Å²) in [6, 6.07) is 2.06. The van der Waals surface area contributed by atoms with E-state index in [-0.39, 0.29) is 12.1 Å². The molecule has 0 unspecified atom stereocenters. The van der Waals surface area contributed by atoms with Crippen LogP contribution in [0.25, 0.3) is 0 Å². The first kappa shape index (κ1) is 18.8. The molecule has 1 atom stereocenters. The molecule has 128 valence electrons. The van der Waals surface area contributed by atoms with Gasteiger partial charge in [-0.05, 0) is 32.4 Å². The number of halogens is 2. The quantitative estimate of drug-likeness (QED) is 0.712. The number of amides is 1. The summed E-state index contributed by atoms with van der Waals surface area (Å²) in [5.41, 5.74) is 2.85. The van der Waals surface area contributed by atoms with Crippen molar-refractivity contribution in [1.29, 1.82) is 0 Å². The first-order valence-electron chi connectivity index (χ1n) is 6.87. The Morgan fingerprint density at radius 3 is 2.43 bits per heavy atom. The Morgan fingerprint density at radius 1 is 1.35 bits per heavy atom. The molecule has 1 aromatic rings. The Hall–Kier alpha value is -2.22. The first-order chi connectivity index (χ1) is 10.5. The van der Waals surface area contributed by atoms with Crippen molar-refractivity contribution < 1.29 is 28.2 Å². The van der Waals surface area contributed by atoms with Crippen molar-refractivity contribution in [3.8, 4) is 5.75 Å². The summed E-state index contributed by atoms with van der Waals surface area (Å²) in [5, 5.41) is 11.4. The number of phenols is 1. The summed E-state index contributed by atoms with van der Waals surface area (Å²) in [6.45, 7) is 4.55. The largest absolute Gasteiger partial charge is 0.505 e. The van der Waals surface area contributed by atoms with Crippen LogP contribution in [0, 0.1) is 11.6 Å². The predicted molar refractivity (Wildman–Crippen MR) is 78.9 cm³/mol. The number of aromatic hydroxyl groups is 1. The number of aldehydes is 1. The van der Waals surface area contributed by atoms with E-state index in [0.717, 1.165) is 12.1 Å². The van der Waals surface area contributed by atoms with Crippen molar-refractivity contribution in [3.05, 3.63) is 29.3 Å². The Bertz CT molecular complexity index is 602. The third-order valence-electron chi connectivity index (χ3n) is 2.99. The lowest BCUT2D eigenvalue weighted by atomic mass is 9.92. The molecule has 0 radical (unpaired) electrons. The Balaban J connectivity index is 3.04. The van der Waals surface area contributed by atoms with Crippen molar-refractivity contribution in [2.24, 2.45) is 5.73 Å². The standard InChI is InChI=1S/C15H20F2N2O4/c1-14(2,3)23-13(22)19-15(7-18,8-20)6-9-4-5-10(21)12(17)11(9)16/h4-5,8,21H,6-7,18H2,1-3H3,(H,19,22)/t15-/m1/s1. The van der Waals surface area contributed by atoms with Crippen molar-refractivity contribution in [1.82, 2.24) is 5.32 Å². The molecule has 0 aromatic heterocycles. The molecular formula is C15H20F2N2O4. The molecule has 0 saturated heterocycles. The maximum Gasteiger partial charge on any atom is 0.408 e. The number of carbonyl (C=O) groups is 2. The fourth-order valence-corrected chi connectivity index (χ4v) is 1.85. The number of benzene rings is 1. The van der Waals surface area contributed by atoms with Crippen molar-refractivity contribution in [3.63, 3.8) is 0 Å². The molecule has 0 fully saturated rings. The Kier molecular flexibility index (Phi) is 5.65. The van der Waals surface area contributed by atoms with E-state index in [2.05, 4.69) is 5.32 Å². The highest BCUT2D eigenvalue weighted by Gasteiger charge is 2.34. The summed E-state index contributed by atoms with van der Waals surface area (Å²) in [4.78, 5) is 23.2. The molecule has 0 aliphatic rings. The lowest BCUT2D eigenvalue weighted by molar-refractivity contribution is -0.113. The average Bonchev–Trinajstić information content (AvgIpc) is 2.45. The molecule has 0 aliphatic carbocycles. The van der Waals surface area contributed by atoms with Gasteiger partial charge < -0.3 is 25.7 Å². The molecule has 0 heterocycles. The maximum atomic E-state index is 13.8. The number of nitrogens with two attached hydrogens (primary N) is 1. The van der Waals surface area contributed by atoms with Crippen LogP contribution in [0.4, 0.5) is 13.6 Å². The second-order valence-corrected chi connectivity index (χ2v) is 6.15. The molecule has 1 rings (SSSR count). The van der Waals surface area contributed by atoms with Gasteiger partial charge >= 0.3 is 6.09 Å². The van der Waals surface area contributed by atoms with Crippen LogP contribution < -0.4 is 11.1 Å². The van der Waals surface area contributed by atoms with Gasteiger partial charge in [-0.3, -0.25) is 0 Å². The third-order valence-corrected chi connectivity index (χ3v) is 2.99. The Labute approximate surface area is 132 Å². The smallest absolute Gasteiger partial charge is 0.408 e. The van der Waals surface area contributed by atoms with Crippen molar-refractivity contribution in [2.45, 2.75) is 38.3 Å². The van der Waals surface area contributed by atoms with Crippen LogP contribution in [-0.2, 0) is 16.0 Å². The molecule has 1 aromatic carbocycles. The monoisotopic (exact) mass is 330 g/mol. The van der Waals surface area contributed by atoms with Gasteiger partial charge in [0.2, 0.25) is 5.82 Å². The van der Waals surface area contributed by atoms with Gasteiger partial charge in [-0.25, -0.2) is 9.18 Å². The predicted octanol–water partition coefficient (Wildman–Crippen LogP) is 1.63. The molecule has 0 saturated carbocycles. The van der Waals surface area contributed by atoms with Crippen LogP contribution in [0.15, 0.2) is 12.1 Å². The first-order valence-corrected chi connectivity index (χ1v) is 6.87. The van der Waals surface area contributed by atoms with Gasteiger partial charge in [0.05, 0.1) is 0 Å². The van der Waals surface area contributed by atoms with E-state index in [1.54, 1.807) is 20.8 Å². The minimum atomic E-state index is -1.66. The van der Waals surface area contributed by atoms with Gasteiger partial charge in [0.1, 0.15) is 17.4 Å². The number of alkyl carbamates (subject to hydrolysis) is 1. The number of rotatable bonds is 5. The van der Waals surface area contributed by atoms with Crippen molar-refractivity contribution >= 4 is 12.4 Å². The SMILES string of the molecule is CC(C)(C)OC(=O)N[C@@](C=O)(CN)Cc1ccc(O)c(F)c1F. The minimum absolute atomic E-state index is 0.214. The van der Waals surface area contributed by atoms with E-state index in [1.165, 1.54) is 0 Å². The topological polar surface area (TPSA) is 102 Å². The van der Waals surface area contributed by atoms with Crippen LogP contribution in [0.5, 0.6) is 5.75 Å². The fraction of sp³-hybridized carbons (Fsp3) is 0.467. The zero-order valence-corrected chi connectivity index (χ0v) is 13.2. The van der Waals surface area contributed by atoms with Gasteiger partial charge in [0.15, 0.2) is 11.6 Å². The summed E-state index contributed by atoms with van der Waals surface area (Å²) < 4.78 is 32.3. The molecule has 1 amide bonds. The van der Waals surface area contributed by atoms with E-state index in [0.29, 0.717) is 6.29 Å². The second kappa shape index (κ2) is 6.91. The van der Waals surface area contributed by atoms with Gasteiger partial charge in [-0.1, -0.05) is 6.07 Å². The minimum Gasteiger partial charge on any atom is -0.505 e. The zero-order valence-electron chi connectivity index (χ0n) is 13.2. The third kappa shape index (κ3) is 4.88. The fourth-order valence-electron chi connectivity index (χ4n) is 1.85. The van der Waals surface area contributed by atoms with Gasteiger partial charge in [0, 0.05) is 13.0 Å². The molecule has 23 heavy (non-hydrogen) atoms. The highest BCUT2D eigenvalue weighted by molar-refractivity contribution is 5.77. The van der Waals surface area contributed by atoms with Crippen LogP contribution >= 0.6 is 0 Å². The van der Waals surface area contributed by atoms with Gasteiger partial charge in [0.25, 0.3) is 0 Å². The highest BCUT2D eigenvalue weighted by Crippen LogP contribution is 2.24.